The minimum Gasteiger partial charge on any atom is -0.314 e. The second-order valence-electron chi connectivity index (χ2n) is 17.8. The summed E-state index contributed by atoms with van der Waals surface area (Å²) in [4.78, 5) is 2.52. The molecule has 4 aliphatic carbocycles. The molecular formula is C60H61N. The number of nitrogens with zero attached hydrogens (tertiary/aromatic N) is 1. The van der Waals surface area contributed by atoms with Crippen LogP contribution < -0.4 is 4.90 Å². The Kier molecular flexibility index (Phi) is 11.4. The molecule has 4 aliphatic rings. The summed E-state index contributed by atoms with van der Waals surface area (Å²) in [6.45, 7) is 22.7. The van der Waals surface area contributed by atoms with Crippen molar-refractivity contribution in [2.24, 2.45) is 5.41 Å². The van der Waals surface area contributed by atoms with E-state index in [2.05, 4.69) is 237 Å². The second kappa shape index (κ2) is 16.7. The summed E-state index contributed by atoms with van der Waals surface area (Å²) in [5.74, 6) is 0. The molecule has 1 nitrogen and oxygen atoms in total. The number of hydrogen-bond acceptors (Lipinski definition) is 1. The van der Waals surface area contributed by atoms with Crippen LogP contribution in [0.1, 0.15) is 95.5 Å². The molecule has 0 bridgehead atoms. The largest absolute Gasteiger partial charge is 0.314 e. The van der Waals surface area contributed by atoms with Gasteiger partial charge in [0.2, 0.25) is 0 Å². The van der Waals surface area contributed by atoms with Crippen molar-refractivity contribution in [3.8, 4) is 11.1 Å². The second-order valence-corrected chi connectivity index (χ2v) is 17.8. The van der Waals surface area contributed by atoms with Crippen LogP contribution in [-0.2, 0) is 10.8 Å². The van der Waals surface area contributed by atoms with Crippen molar-refractivity contribution in [1.29, 1.82) is 0 Å². The van der Waals surface area contributed by atoms with Gasteiger partial charge in [-0.2, -0.15) is 0 Å². The van der Waals surface area contributed by atoms with E-state index in [1.807, 2.05) is 6.08 Å². The zero-order valence-corrected chi connectivity index (χ0v) is 37.5. The molecule has 4 aromatic rings. The van der Waals surface area contributed by atoms with E-state index in [9.17, 15) is 0 Å². The quantitative estimate of drug-likeness (QED) is 0.137. The Balaban J connectivity index is 1.39. The van der Waals surface area contributed by atoms with Crippen LogP contribution in [0.5, 0.6) is 0 Å². The van der Waals surface area contributed by atoms with E-state index in [4.69, 9.17) is 0 Å². The molecule has 61 heavy (non-hydrogen) atoms. The van der Waals surface area contributed by atoms with E-state index in [1.54, 1.807) is 0 Å². The van der Waals surface area contributed by atoms with Gasteiger partial charge in [0.25, 0.3) is 0 Å². The molecule has 8 rings (SSSR count). The first-order valence-electron chi connectivity index (χ1n) is 22.2. The third-order valence-electron chi connectivity index (χ3n) is 14.1. The van der Waals surface area contributed by atoms with E-state index in [0.717, 1.165) is 30.6 Å². The van der Waals surface area contributed by atoms with E-state index < -0.39 is 5.41 Å². The Labute approximate surface area is 366 Å². The first kappa shape index (κ1) is 41.5. The standard InChI is InChI=1S/C60H61N/c1-10-13-26-45(11-2)60(47-29-18-14-15-19-30-47)44(6)53(51-31-22-17-23-34-55(51)60)39-43(5)61(48-36-35-42(4)56(40-48)58(7,8)46-27-20-16-21-28-46)49-37-38-52-50-32-24-25-33-54(50)59(9,12-3)57(52)41-49/h10-11,13-16,18,20-41H,1,12,17,19H2,2-9H3/b26-13-,43-39+,45-11+. The lowest BCUT2D eigenvalue weighted by Crippen LogP contribution is -2.27. The molecular weight excluding hydrogens is 735 g/mol. The Morgan fingerprint density at radius 3 is 2.30 bits per heavy atom. The van der Waals surface area contributed by atoms with E-state index in [-0.39, 0.29) is 10.8 Å². The van der Waals surface area contributed by atoms with E-state index >= 15 is 0 Å². The molecule has 0 amide bonds. The fraction of sp³-hybridized carbons (Fsp3) is 0.233. The third-order valence-corrected chi connectivity index (χ3v) is 14.1. The number of benzene rings is 4. The normalized spacial score (nSPS) is 21.1. The summed E-state index contributed by atoms with van der Waals surface area (Å²) < 4.78 is 0. The maximum absolute atomic E-state index is 4.07. The van der Waals surface area contributed by atoms with E-state index in [1.165, 1.54) is 78.1 Å². The molecule has 0 aliphatic heterocycles. The first-order chi connectivity index (χ1) is 29.5. The Hall–Kier alpha value is -6.18. The first-order valence-corrected chi connectivity index (χ1v) is 22.2. The predicted octanol–water partition coefficient (Wildman–Crippen LogP) is 16.3. The lowest BCUT2D eigenvalue weighted by Gasteiger charge is -2.37. The average molecular weight is 796 g/mol. The van der Waals surface area contributed by atoms with Gasteiger partial charge in [-0.15, -0.1) is 0 Å². The third kappa shape index (κ3) is 6.89. The Morgan fingerprint density at radius 2 is 1.52 bits per heavy atom. The summed E-state index contributed by atoms with van der Waals surface area (Å²) >= 11 is 0. The van der Waals surface area contributed by atoms with Crippen LogP contribution in [0.3, 0.4) is 0 Å². The molecule has 306 valence electrons. The van der Waals surface area contributed by atoms with E-state index in [0.29, 0.717) is 0 Å². The number of hydrogen-bond donors (Lipinski definition) is 0. The fourth-order valence-electron chi connectivity index (χ4n) is 10.7. The zero-order chi connectivity index (χ0) is 42.9. The van der Waals surface area contributed by atoms with Crippen LogP contribution in [-0.4, -0.2) is 0 Å². The molecule has 0 N–H and O–H groups in total. The number of allylic oxidation sites excluding steroid dienone is 21. The summed E-state index contributed by atoms with van der Waals surface area (Å²) in [6, 6.07) is 34.3. The molecule has 2 atom stereocenters. The van der Waals surface area contributed by atoms with Crippen LogP contribution in [0, 0.1) is 12.3 Å². The number of rotatable bonds is 11. The highest BCUT2D eigenvalue weighted by atomic mass is 15.1. The maximum atomic E-state index is 4.07. The number of anilines is 2. The van der Waals surface area contributed by atoms with Crippen molar-refractivity contribution in [3.63, 3.8) is 0 Å². The van der Waals surface area contributed by atoms with Crippen LogP contribution in [0.25, 0.3) is 11.1 Å². The van der Waals surface area contributed by atoms with Gasteiger partial charge >= 0.3 is 0 Å². The highest BCUT2D eigenvalue weighted by Gasteiger charge is 2.47. The van der Waals surface area contributed by atoms with Gasteiger partial charge in [-0.25, -0.2) is 0 Å². The lowest BCUT2D eigenvalue weighted by molar-refractivity contribution is 0.564. The predicted molar refractivity (Wildman–Crippen MR) is 263 cm³/mol. The fourth-order valence-corrected chi connectivity index (χ4v) is 10.7. The molecule has 0 saturated heterocycles. The Morgan fingerprint density at radius 1 is 0.803 bits per heavy atom. The summed E-state index contributed by atoms with van der Waals surface area (Å²) in [5, 5.41) is 0. The Bertz CT molecular complexity index is 2710. The van der Waals surface area contributed by atoms with Gasteiger partial charge in [0.15, 0.2) is 0 Å². The molecule has 1 heteroatoms. The lowest BCUT2D eigenvalue weighted by atomic mass is 9.64. The van der Waals surface area contributed by atoms with Crippen LogP contribution in [0.4, 0.5) is 11.4 Å². The molecule has 0 saturated carbocycles. The van der Waals surface area contributed by atoms with Crippen LogP contribution >= 0.6 is 0 Å². The van der Waals surface area contributed by atoms with Crippen molar-refractivity contribution in [1.82, 2.24) is 0 Å². The highest BCUT2D eigenvalue weighted by Crippen LogP contribution is 2.59. The topological polar surface area (TPSA) is 3.24 Å². The molecule has 0 radical (unpaired) electrons. The van der Waals surface area contributed by atoms with Gasteiger partial charge in [0.1, 0.15) is 0 Å². The van der Waals surface area contributed by atoms with Crippen LogP contribution in [0.2, 0.25) is 0 Å². The van der Waals surface area contributed by atoms with Crippen LogP contribution in [0.15, 0.2) is 222 Å². The smallest absolute Gasteiger partial charge is 0.0667 e. The van der Waals surface area contributed by atoms with Crippen molar-refractivity contribution < 1.29 is 0 Å². The zero-order valence-electron chi connectivity index (χ0n) is 37.5. The molecule has 2 unspecified atom stereocenters. The van der Waals surface area contributed by atoms with Crippen molar-refractivity contribution >= 4 is 11.4 Å². The number of fused-ring (bicyclic) bond motifs is 3. The highest BCUT2D eigenvalue weighted by molar-refractivity contribution is 5.85. The molecule has 4 aromatic carbocycles. The minimum absolute atomic E-state index is 0.0863. The van der Waals surface area contributed by atoms with Gasteiger partial charge in [-0.05, 0) is 150 Å². The molecule has 0 aromatic heterocycles. The maximum Gasteiger partial charge on any atom is 0.0667 e. The van der Waals surface area contributed by atoms with Gasteiger partial charge in [-0.1, -0.05) is 180 Å². The van der Waals surface area contributed by atoms with Crippen molar-refractivity contribution in [3.05, 3.63) is 250 Å². The number of aryl methyl sites for hydroxylation is 1. The van der Waals surface area contributed by atoms with Crippen molar-refractivity contribution in [2.45, 2.75) is 85.5 Å². The summed E-state index contributed by atoms with van der Waals surface area (Å²) in [7, 11) is 0. The SMILES string of the molecule is C=C/C=C\C(=C/C)C1(C2=CCC=CC=C2)C(C)=C(/C=C(\C)N(c2ccc(C)c(C(C)(C)c3ccccc3)c2)c2ccc3c(c2)C(C)(CC)c2ccccc2-3)C2=C1C=CCC=C2. The average Bonchev–Trinajstić information content (AvgIpc) is 3.48. The summed E-state index contributed by atoms with van der Waals surface area (Å²) in [5.41, 5.74) is 19.9. The molecule has 0 spiro atoms. The van der Waals surface area contributed by atoms with Crippen molar-refractivity contribution in [2.75, 3.05) is 4.90 Å². The monoisotopic (exact) mass is 795 g/mol. The van der Waals surface area contributed by atoms with Gasteiger partial charge in [0, 0.05) is 27.9 Å². The summed E-state index contributed by atoms with van der Waals surface area (Å²) in [6.07, 6.45) is 34.6. The molecule has 0 fully saturated rings. The van der Waals surface area contributed by atoms with Gasteiger partial charge in [-0.3, -0.25) is 0 Å². The minimum atomic E-state index is -0.479. The van der Waals surface area contributed by atoms with Gasteiger partial charge < -0.3 is 4.90 Å². The molecule has 0 heterocycles. The van der Waals surface area contributed by atoms with Gasteiger partial charge in [0.05, 0.1) is 5.41 Å².